The summed E-state index contributed by atoms with van der Waals surface area (Å²) < 4.78 is 0. The molecular weight excluding hydrogens is 210 g/mol. The van der Waals surface area contributed by atoms with Crippen LogP contribution in [0.4, 0.5) is 5.69 Å². The number of hydrogen-bond donors (Lipinski definition) is 2. The van der Waals surface area contributed by atoms with Crippen LogP contribution in [0, 0.1) is 0 Å². The summed E-state index contributed by atoms with van der Waals surface area (Å²) in [6.07, 6.45) is 4.11. The number of benzene rings is 1. The van der Waals surface area contributed by atoms with Gasteiger partial charge in [-0.3, -0.25) is 4.90 Å². The van der Waals surface area contributed by atoms with E-state index in [4.69, 9.17) is 5.73 Å². The van der Waals surface area contributed by atoms with Gasteiger partial charge in [-0.2, -0.15) is 0 Å². The highest BCUT2D eigenvalue weighted by molar-refractivity contribution is 5.46. The quantitative estimate of drug-likeness (QED) is 0.773. The van der Waals surface area contributed by atoms with E-state index in [9.17, 15) is 0 Å². The first kappa shape index (κ1) is 11.1. The molecule has 3 nitrogen and oxygen atoms in total. The maximum atomic E-state index is 5.94. The molecule has 92 valence electrons. The second-order valence-corrected chi connectivity index (χ2v) is 5.29. The van der Waals surface area contributed by atoms with E-state index in [0.29, 0.717) is 6.04 Å². The average molecular weight is 231 g/mol. The van der Waals surface area contributed by atoms with Crippen molar-refractivity contribution < 1.29 is 0 Å². The summed E-state index contributed by atoms with van der Waals surface area (Å²) in [4.78, 5) is 2.63. The molecule has 1 aliphatic carbocycles. The van der Waals surface area contributed by atoms with E-state index in [1.807, 2.05) is 12.1 Å². The first-order valence-electron chi connectivity index (χ1n) is 6.64. The van der Waals surface area contributed by atoms with Crippen molar-refractivity contribution in [2.45, 2.75) is 37.9 Å². The van der Waals surface area contributed by atoms with Gasteiger partial charge in [0.15, 0.2) is 0 Å². The Morgan fingerprint density at radius 2 is 2.06 bits per heavy atom. The molecule has 0 aromatic heterocycles. The van der Waals surface area contributed by atoms with Crippen LogP contribution < -0.4 is 11.1 Å². The molecule has 1 aliphatic heterocycles. The Balaban J connectivity index is 1.50. The van der Waals surface area contributed by atoms with Crippen LogP contribution in [0.5, 0.6) is 0 Å². The summed E-state index contributed by atoms with van der Waals surface area (Å²) in [6.45, 7) is 3.39. The van der Waals surface area contributed by atoms with Gasteiger partial charge in [-0.1, -0.05) is 18.2 Å². The van der Waals surface area contributed by atoms with Crippen LogP contribution >= 0.6 is 0 Å². The predicted octanol–water partition coefficient (Wildman–Crippen LogP) is 1.60. The fourth-order valence-electron chi connectivity index (χ4n) is 2.67. The molecule has 0 spiro atoms. The van der Waals surface area contributed by atoms with Gasteiger partial charge in [-0.25, -0.2) is 0 Å². The molecule has 2 aliphatic rings. The largest absolute Gasteiger partial charge is 0.398 e. The van der Waals surface area contributed by atoms with Crippen molar-refractivity contribution in [1.82, 2.24) is 10.2 Å². The molecule has 1 saturated heterocycles. The zero-order chi connectivity index (χ0) is 11.7. The van der Waals surface area contributed by atoms with Crippen LogP contribution in [0.1, 0.15) is 24.8 Å². The normalized spacial score (nSPS) is 25.3. The van der Waals surface area contributed by atoms with Crippen LogP contribution in [0.2, 0.25) is 0 Å². The van der Waals surface area contributed by atoms with E-state index in [1.165, 1.54) is 37.9 Å². The number of nitrogen functional groups attached to an aromatic ring is 1. The molecule has 1 aromatic rings. The maximum absolute atomic E-state index is 5.94. The first-order valence-corrected chi connectivity index (χ1v) is 6.64. The lowest BCUT2D eigenvalue weighted by atomic mass is 10.1. The summed E-state index contributed by atoms with van der Waals surface area (Å²) in [5, 5.41) is 3.63. The van der Waals surface area contributed by atoms with E-state index >= 15 is 0 Å². The van der Waals surface area contributed by atoms with Crippen LogP contribution in [-0.4, -0.2) is 30.1 Å². The number of nitrogens with zero attached hydrogens (tertiary/aromatic N) is 1. The number of likely N-dealkylation sites (tertiary alicyclic amines) is 1. The molecule has 3 heteroatoms. The minimum Gasteiger partial charge on any atom is -0.398 e. The second kappa shape index (κ2) is 4.67. The van der Waals surface area contributed by atoms with Gasteiger partial charge in [0, 0.05) is 37.4 Å². The SMILES string of the molecule is Nc1ccccc1CNC1CCN(C2CC2)C1. The van der Waals surface area contributed by atoms with E-state index in [-0.39, 0.29) is 0 Å². The Morgan fingerprint density at radius 3 is 2.82 bits per heavy atom. The van der Waals surface area contributed by atoms with Crippen LogP contribution in [-0.2, 0) is 6.54 Å². The molecule has 17 heavy (non-hydrogen) atoms. The van der Waals surface area contributed by atoms with E-state index in [2.05, 4.69) is 22.3 Å². The van der Waals surface area contributed by atoms with Gasteiger partial charge < -0.3 is 11.1 Å². The molecule has 0 bridgehead atoms. The van der Waals surface area contributed by atoms with Gasteiger partial charge >= 0.3 is 0 Å². The van der Waals surface area contributed by atoms with Gasteiger partial charge in [0.2, 0.25) is 0 Å². The molecule has 1 heterocycles. The Kier molecular flexibility index (Phi) is 3.04. The molecule has 0 amide bonds. The topological polar surface area (TPSA) is 41.3 Å². The molecule has 0 radical (unpaired) electrons. The van der Waals surface area contributed by atoms with Gasteiger partial charge in [-0.15, -0.1) is 0 Å². The third kappa shape index (κ3) is 2.61. The standard InChI is InChI=1S/C14H21N3/c15-14-4-2-1-3-11(14)9-16-12-7-8-17(10-12)13-5-6-13/h1-4,12-13,16H,5-10,15H2. The van der Waals surface area contributed by atoms with Crippen molar-refractivity contribution >= 4 is 5.69 Å². The zero-order valence-corrected chi connectivity index (χ0v) is 10.2. The van der Waals surface area contributed by atoms with Gasteiger partial charge in [-0.05, 0) is 30.9 Å². The Labute approximate surface area is 103 Å². The van der Waals surface area contributed by atoms with Gasteiger partial charge in [0.05, 0.1) is 0 Å². The summed E-state index contributed by atoms with van der Waals surface area (Å²) in [6, 6.07) is 9.68. The van der Waals surface area contributed by atoms with E-state index in [1.54, 1.807) is 0 Å². The monoisotopic (exact) mass is 231 g/mol. The highest BCUT2D eigenvalue weighted by Gasteiger charge is 2.33. The fraction of sp³-hybridized carbons (Fsp3) is 0.571. The average Bonchev–Trinajstić information content (AvgIpc) is 3.08. The van der Waals surface area contributed by atoms with E-state index in [0.717, 1.165) is 18.3 Å². The first-order chi connectivity index (χ1) is 8.33. The number of anilines is 1. The summed E-state index contributed by atoms with van der Waals surface area (Å²) in [5.41, 5.74) is 8.06. The van der Waals surface area contributed by atoms with Crippen molar-refractivity contribution in [1.29, 1.82) is 0 Å². The minimum atomic E-state index is 0.648. The lowest BCUT2D eigenvalue weighted by molar-refractivity contribution is 0.317. The zero-order valence-electron chi connectivity index (χ0n) is 10.2. The lowest BCUT2D eigenvalue weighted by Gasteiger charge is -2.16. The number of para-hydroxylation sites is 1. The molecule has 3 N–H and O–H groups in total. The molecule has 1 unspecified atom stereocenters. The molecule has 2 fully saturated rings. The van der Waals surface area contributed by atoms with Gasteiger partial charge in [0.1, 0.15) is 0 Å². The van der Waals surface area contributed by atoms with E-state index < -0.39 is 0 Å². The number of hydrogen-bond acceptors (Lipinski definition) is 3. The Hall–Kier alpha value is -1.06. The second-order valence-electron chi connectivity index (χ2n) is 5.29. The van der Waals surface area contributed by atoms with Crippen molar-refractivity contribution in [2.75, 3.05) is 18.8 Å². The Bertz CT molecular complexity index is 387. The van der Waals surface area contributed by atoms with Crippen molar-refractivity contribution in [3.8, 4) is 0 Å². The predicted molar refractivity (Wildman–Crippen MR) is 70.7 cm³/mol. The smallest absolute Gasteiger partial charge is 0.0359 e. The third-order valence-electron chi connectivity index (χ3n) is 3.92. The fourth-order valence-corrected chi connectivity index (χ4v) is 2.67. The maximum Gasteiger partial charge on any atom is 0.0359 e. The van der Waals surface area contributed by atoms with Crippen LogP contribution in [0.25, 0.3) is 0 Å². The molecule has 1 saturated carbocycles. The van der Waals surface area contributed by atoms with Crippen molar-refractivity contribution in [3.63, 3.8) is 0 Å². The molecule has 1 atom stereocenters. The van der Waals surface area contributed by atoms with Crippen LogP contribution in [0.3, 0.4) is 0 Å². The highest BCUT2D eigenvalue weighted by atomic mass is 15.2. The highest BCUT2D eigenvalue weighted by Crippen LogP contribution is 2.29. The van der Waals surface area contributed by atoms with Crippen LogP contribution in [0.15, 0.2) is 24.3 Å². The summed E-state index contributed by atoms with van der Waals surface area (Å²) >= 11 is 0. The molecular formula is C14H21N3. The van der Waals surface area contributed by atoms with Crippen molar-refractivity contribution in [2.24, 2.45) is 0 Å². The lowest BCUT2D eigenvalue weighted by Crippen LogP contribution is -2.33. The summed E-state index contributed by atoms with van der Waals surface area (Å²) in [7, 11) is 0. The summed E-state index contributed by atoms with van der Waals surface area (Å²) in [5.74, 6) is 0. The minimum absolute atomic E-state index is 0.648. The number of nitrogens with two attached hydrogens (primary N) is 1. The Morgan fingerprint density at radius 1 is 1.24 bits per heavy atom. The van der Waals surface area contributed by atoms with Crippen molar-refractivity contribution in [3.05, 3.63) is 29.8 Å². The molecule has 3 rings (SSSR count). The molecule has 1 aromatic carbocycles. The number of nitrogens with one attached hydrogen (secondary N) is 1. The number of rotatable bonds is 4. The third-order valence-corrected chi connectivity index (χ3v) is 3.92. The van der Waals surface area contributed by atoms with Gasteiger partial charge in [0.25, 0.3) is 0 Å².